The largest absolute Gasteiger partial charge is 0.497 e. The number of fused-ring (bicyclic) bond motifs is 1. The first-order valence-electron chi connectivity index (χ1n) is 11.1. The van der Waals surface area contributed by atoms with E-state index in [1.807, 2.05) is 30.3 Å². The van der Waals surface area contributed by atoms with Crippen LogP contribution in [0.4, 0.5) is 10.5 Å². The van der Waals surface area contributed by atoms with Crippen LogP contribution in [0.5, 0.6) is 11.5 Å². The molecule has 1 saturated heterocycles. The van der Waals surface area contributed by atoms with Crippen molar-refractivity contribution in [3.8, 4) is 11.5 Å². The highest BCUT2D eigenvalue weighted by molar-refractivity contribution is 6.30. The fraction of sp³-hybridized carbons (Fsp3) is 0.458. The van der Waals surface area contributed by atoms with Crippen LogP contribution in [-0.4, -0.2) is 70.0 Å². The first-order valence-corrected chi connectivity index (χ1v) is 11.5. The number of benzene rings is 2. The van der Waals surface area contributed by atoms with E-state index in [0.717, 1.165) is 61.2 Å². The molecule has 2 aromatic carbocycles. The molecule has 0 aromatic heterocycles. The quantitative estimate of drug-likeness (QED) is 0.696. The van der Waals surface area contributed by atoms with Crippen molar-refractivity contribution in [1.29, 1.82) is 0 Å². The maximum Gasteiger partial charge on any atom is 0.315 e. The van der Waals surface area contributed by atoms with Crippen LogP contribution < -0.4 is 25.0 Å². The van der Waals surface area contributed by atoms with E-state index in [2.05, 4.69) is 33.4 Å². The van der Waals surface area contributed by atoms with Crippen LogP contribution in [0, 0.1) is 6.92 Å². The highest BCUT2D eigenvalue weighted by atomic mass is 35.5. The van der Waals surface area contributed by atoms with E-state index in [-0.39, 0.29) is 12.1 Å². The zero-order valence-corrected chi connectivity index (χ0v) is 19.5. The van der Waals surface area contributed by atoms with Gasteiger partial charge in [0, 0.05) is 50.0 Å². The van der Waals surface area contributed by atoms with Crippen LogP contribution in [0.15, 0.2) is 36.4 Å². The minimum absolute atomic E-state index is 0.0564. The summed E-state index contributed by atoms with van der Waals surface area (Å²) in [4.78, 5) is 17.1. The molecule has 0 unspecified atom stereocenters. The fourth-order valence-electron chi connectivity index (χ4n) is 4.29. The van der Waals surface area contributed by atoms with E-state index in [1.165, 1.54) is 11.3 Å². The van der Waals surface area contributed by atoms with Crippen LogP contribution in [0.2, 0.25) is 5.02 Å². The molecule has 2 aliphatic heterocycles. The standard InChI is InChI=1S/C24H31ClN4O3/c1-17-3-4-19(25)15-22(17)29-11-9-28(10-12-29)8-7-26-24(30)27-20-13-18-14-21(31-2)5-6-23(18)32-16-20/h3-6,14-15,20H,7-13,16H2,1-2H3,(H2,26,27,30)/t20-/m0/s1. The maximum absolute atomic E-state index is 12.4. The summed E-state index contributed by atoms with van der Waals surface area (Å²) in [6.45, 7) is 7.86. The molecule has 2 heterocycles. The third-order valence-electron chi connectivity index (χ3n) is 6.11. The Labute approximate surface area is 194 Å². The molecule has 2 aromatic rings. The number of nitrogens with zero attached hydrogens (tertiary/aromatic N) is 2. The molecule has 0 radical (unpaired) electrons. The molecule has 8 heteroatoms. The zero-order chi connectivity index (χ0) is 22.5. The van der Waals surface area contributed by atoms with Crippen LogP contribution in [0.25, 0.3) is 0 Å². The number of methoxy groups -OCH3 is 1. The minimum Gasteiger partial charge on any atom is -0.497 e. The van der Waals surface area contributed by atoms with Gasteiger partial charge in [0.15, 0.2) is 0 Å². The summed E-state index contributed by atoms with van der Waals surface area (Å²) in [5.41, 5.74) is 3.51. The minimum atomic E-state index is -0.155. The average Bonchev–Trinajstić information content (AvgIpc) is 2.80. The fourth-order valence-corrected chi connectivity index (χ4v) is 4.46. The SMILES string of the molecule is COc1ccc2c(c1)C[C@H](NC(=O)NCCN1CCN(c3cc(Cl)ccc3C)CC1)CO2. The first kappa shape index (κ1) is 22.6. The number of ether oxygens (including phenoxy) is 2. The molecule has 1 fully saturated rings. The van der Waals surface area contributed by atoms with Crippen molar-refractivity contribution >= 4 is 23.3 Å². The molecular weight excluding hydrogens is 428 g/mol. The van der Waals surface area contributed by atoms with Crippen LogP contribution in [-0.2, 0) is 6.42 Å². The van der Waals surface area contributed by atoms with Crippen molar-refractivity contribution in [1.82, 2.24) is 15.5 Å². The number of nitrogens with one attached hydrogen (secondary N) is 2. The summed E-state index contributed by atoms with van der Waals surface area (Å²) in [5, 5.41) is 6.77. The van der Waals surface area contributed by atoms with E-state index in [4.69, 9.17) is 21.1 Å². The number of carbonyl (C=O) groups is 1. The topological polar surface area (TPSA) is 66.1 Å². The number of anilines is 1. The number of aryl methyl sites for hydroxylation is 1. The van der Waals surface area contributed by atoms with E-state index in [1.54, 1.807) is 7.11 Å². The summed E-state index contributed by atoms with van der Waals surface area (Å²) in [7, 11) is 1.65. The van der Waals surface area contributed by atoms with Crippen molar-refractivity contribution < 1.29 is 14.3 Å². The van der Waals surface area contributed by atoms with Gasteiger partial charge in [0.1, 0.15) is 18.1 Å². The Hall–Kier alpha value is -2.64. The van der Waals surface area contributed by atoms with Crippen LogP contribution in [0.3, 0.4) is 0 Å². The second kappa shape index (κ2) is 10.3. The highest BCUT2D eigenvalue weighted by Gasteiger charge is 2.22. The molecule has 1 atom stereocenters. The van der Waals surface area contributed by atoms with Gasteiger partial charge in [-0.1, -0.05) is 17.7 Å². The van der Waals surface area contributed by atoms with Crippen molar-refractivity contribution in [2.45, 2.75) is 19.4 Å². The zero-order valence-electron chi connectivity index (χ0n) is 18.7. The van der Waals surface area contributed by atoms with E-state index >= 15 is 0 Å². The molecule has 0 spiro atoms. The Morgan fingerprint density at radius 3 is 2.78 bits per heavy atom. The van der Waals surface area contributed by atoms with Gasteiger partial charge in [0.05, 0.1) is 13.2 Å². The molecular formula is C24H31ClN4O3. The molecule has 0 saturated carbocycles. The number of urea groups is 1. The molecule has 7 nitrogen and oxygen atoms in total. The lowest BCUT2D eigenvalue weighted by atomic mass is 10.0. The van der Waals surface area contributed by atoms with Crippen molar-refractivity contribution in [2.75, 3.05) is 57.9 Å². The molecule has 2 amide bonds. The Morgan fingerprint density at radius 1 is 1.19 bits per heavy atom. The monoisotopic (exact) mass is 458 g/mol. The number of halogens is 1. The summed E-state index contributed by atoms with van der Waals surface area (Å²) in [6.07, 6.45) is 0.727. The van der Waals surface area contributed by atoms with E-state index in [9.17, 15) is 4.79 Å². The molecule has 0 bridgehead atoms. The number of hydrogen-bond acceptors (Lipinski definition) is 5. The maximum atomic E-state index is 12.4. The van der Waals surface area contributed by atoms with Crippen molar-refractivity contribution in [3.63, 3.8) is 0 Å². The lowest BCUT2D eigenvalue weighted by Gasteiger charge is -2.37. The van der Waals surface area contributed by atoms with Gasteiger partial charge in [0.25, 0.3) is 0 Å². The van der Waals surface area contributed by atoms with Gasteiger partial charge < -0.3 is 25.0 Å². The Morgan fingerprint density at radius 2 is 2.00 bits per heavy atom. The van der Waals surface area contributed by atoms with Crippen LogP contribution in [0.1, 0.15) is 11.1 Å². The first-order chi connectivity index (χ1) is 15.5. The summed E-state index contributed by atoms with van der Waals surface area (Å²) < 4.78 is 11.1. The number of amides is 2. The van der Waals surface area contributed by atoms with E-state index in [0.29, 0.717) is 13.2 Å². The molecule has 172 valence electrons. The second-order valence-electron chi connectivity index (χ2n) is 8.35. The summed E-state index contributed by atoms with van der Waals surface area (Å²) in [5.74, 6) is 1.65. The second-order valence-corrected chi connectivity index (χ2v) is 8.78. The van der Waals surface area contributed by atoms with Gasteiger partial charge in [-0.25, -0.2) is 4.79 Å². The third kappa shape index (κ3) is 5.58. The lowest BCUT2D eigenvalue weighted by Crippen LogP contribution is -2.51. The van der Waals surface area contributed by atoms with E-state index < -0.39 is 0 Å². The van der Waals surface area contributed by atoms with Gasteiger partial charge in [-0.3, -0.25) is 4.90 Å². The van der Waals surface area contributed by atoms with Crippen molar-refractivity contribution in [2.24, 2.45) is 0 Å². The Kier molecular flexibility index (Phi) is 7.27. The van der Waals surface area contributed by atoms with Gasteiger partial charge in [-0.15, -0.1) is 0 Å². The number of rotatable bonds is 6. The Balaban J connectivity index is 1.17. The predicted molar refractivity (Wildman–Crippen MR) is 127 cm³/mol. The van der Waals surface area contributed by atoms with Gasteiger partial charge >= 0.3 is 6.03 Å². The van der Waals surface area contributed by atoms with Gasteiger partial charge in [0.2, 0.25) is 0 Å². The Bertz CT molecular complexity index is 947. The molecule has 4 rings (SSSR count). The number of hydrogen-bond donors (Lipinski definition) is 2. The highest BCUT2D eigenvalue weighted by Crippen LogP contribution is 2.28. The molecule has 32 heavy (non-hydrogen) atoms. The normalized spacial score (nSPS) is 18.5. The predicted octanol–water partition coefficient (Wildman–Crippen LogP) is 3.08. The number of piperazine rings is 1. The molecule has 2 aliphatic rings. The summed E-state index contributed by atoms with van der Waals surface area (Å²) in [6, 6.07) is 11.6. The van der Waals surface area contributed by atoms with Gasteiger partial charge in [-0.05, 0) is 54.8 Å². The van der Waals surface area contributed by atoms with Gasteiger partial charge in [-0.2, -0.15) is 0 Å². The third-order valence-corrected chi connectivity index (χ3v) is 6.34. The van der Waals surface area contributed by atoms with Crippen molar-refractivity contribution in [3.05, 3.63) is 52.5 Å². The number of carbonyl (C=O) groups excluding carboxylic acids is 1. The molecule has 0 aliphatic carbocycles. The molecule has 2 N–H and O–H groups in total. The summed E-state index contributed by atoms with van der Waals surface area (Å²) >= 11 is 6.17. The lowest BCUT2D eigenvalue weighted by molar-refractivity contribution is 0.210. The smallest absolute Gasteiger partial charge is 0.315 e. The average molecular weight is 459 g/mol. The van der Waals surface area contributed by atoms with Crippen LogP contribution >= 0.6 is 11.6 Å².